The average molecular weight is 668 g/mol. The number of rotatable bonds is 5. The summed E-state index contributed by atoms with van der Waals surface area (Å²) in [5, 5.41) is 2.40. The van der Waals surface area contributed by atoms with Gasteiger partial charge in [-0.1, -0.05) is 147 Å². The molecule has 0 saturated carbocycles. The molecule has 0 unspecified atom stereocenters. The number of hydrogen-bond acceptors (Lipinski definition) is 4. The maximum atomic E-state index is 6.30. The van der Waals surface area contributed by atoms with Crippen molar-refractivity contribution in [1.82, 2.24) is 15.0 Å². The molecule has 2 heterocycles. The smallest absolute Gasteiger partial charge is 0.164 e. The quantitative estimate of drug-likeness (QED) is 0.183. The van der Waals surface area contributed by atoms with E-state index in [0.29, 0.717) is 17.5 Å². The Labute approximate surface area is 302 Å². The zero-order chi connectivity index (χ0) is 34.8. The molecular weight excluding hydrogens is 635 g/mol. The molecule has 0 amide bonds. The number of para-hydroxylation sites is 1. The second kappa shape index (κ2) is 11.7. The van der Waals surface area contributed by atoms with E-state index in [1.165, 1.54) is 44.2 Å². The molecule has 0 radical (unpaired) electrons. The Morgan fingerprint density at radius 2 is 0.923 bits per heavy atom. The summed E-state index contributed by atoms with van der Waals surface area (Å²) in [4.78, 5) is 14.8. The SMILES string of the molecule is CC1(C)c2ccc(-c3cccc(-c4cccc(-c5nc(-c6ccccc6)nc(-c6ccccc6)n5)c4)c3)cc2-c2ccc3oc4ccccc4c3c21. The van der Waals surface area contributed by atoms with Crippen molar-refractivity contribution < 1.29 is 4.42 Å². The Balaban J connectivity index is 1.05. The van der Waals surface area contributed by atoms with Crippen LogP contribution in [0.4, 0.5) is 0 Å². The third-order valence-electron chi connectivity index (χ3n) is 10.5. The van der Waals surface area contributed by atoms with Crippen LogP contribution in [0.25, 0.3) is 89.5 Å². The minimum Gasteiger partial charge on any atom is -0.456 e. The van der Waals surface area contributed by atoms with Crippen molar-refractivity contribution in [3.63, 3.8) is 0 Å². The third kappa shape index (κ3) is 4.87. The average Bonchev–Trinajstić information content (AvgIpc) is 3.70. The molecule has 0 spiro atoms. The van der Waals surface area contributed by atoms with Gasteiger partial charge in [0.1, 0.15) is 11.2 Å². The first-order valence-electron chi connectivity index (χ1n) is 17.7. The van der Waals surface area contributed by atoms with E-state index in [1.807, 2.05) is 66.7 Å². The second-order valence-electron chi connectivity index (χ2n) is 14.0. The van der Waals surface area contributed by atoms with Crippen LogP contribution in [0.3, 0.4) is 0 Å². The summed E-state index contributed by atoms with van der Waals surface area (Å²) in [5.74, 6) is 1.95. The standard InChI is InChI=1S/C48H33N3O/c1-48(2)40-25-23-35(29-39(40)37-24-26-42-43(44(37)48)38-21-9-10-22-41(38)52-42)33-18-11-17-32(27-33)34-19-12-20-36(28-34)47-50-45(30-13-5-3-6-14-30)49-46(51-47)31-15-7-4-8-16-31/h3-29H,1-2H3. The van der Waals surface area contributed by atoms with Crippen molar-refractivity contribution in [3.8, 4) is 67.5 Å². The first-order valence-corrected chi connectivity index (χ1v) is 17.7. The summed E-state index contributed by atoms with van der Waals surface area (Å²) < 4.78 is 6.30. The van der Waals surface area contributed by atoms with E-state index in [1.54, 1.807) is 0 Å². The van der Waals surface area contributed by atoms with Gasteiger partial charge in [0.2, 0.25) is 0 Å². The van der Waals surface area contributed by atoms with Crippen molar-refractivity contribution >= 4 is 21.9 Å². The fraction of sp³-hybridized carbons (Fsp3) is 0.0625. The minimum atomic E-state index is -0.159. The van der Waals surface area contributed by atoms with Crippen LogP contribution >= 0.6 is 0 Å². The zero-order valence-corrected chi connectivity index (χ0v) is 28.8. The highest BCUT2D eigenvalue weighted by molar-refractivity contribution is 6.11. The highest BCUT2D eigenvalue weighted by Crippen LogP contribution is 2.53. The Kier molecular flexibility index (Phi) is 6.80. The van der Waals surface area contributed by atoms with Crippen LogP contribution in [0, 0.1) is 0 Å². The van der Waals surface area contributed by atoms with Gasteiger partial charge < -0.3 is 4.42 Å². The van der Waals surface area contributed by atoms with Crippen LogP contribution in [0.1, 0.15) is 25.0 Å². The van der Waals surface area contributed by atoms with Gasteiger partial charge in [-0.25, -0.2) is 15.0 Å². The monoisotopic (exact) mass is 667 g/mol. The fourth-order valence-electron chi connectivity index (χ4n) is 7.97. The number of fused-ring (bicyclic) bond motifs is 7. The van der Waals surface area contributed by atoms with Gasteiger partial charge >= 0.3 is 0 Å². The molecule has 0 saturated heterocycles. The molecule has 0 fully saturated rings. The number of furan rings is 1. The summed E-state index contributed by atoms with van der Waals surface area (Å²) in [6.07, 6.45) is 0. The lowest BCUT2D eigenvalue weighted by Gasteiger charge is -2.22. The Hall–Kier alpha value is -6.65. The predicted molar refractivity (Wildman–Crippen MR) is 212 cm³/mol. The fourth-order valence-corrected chi connectivity index (χ4v) is 7.97. The Morgan fingerprint density at radius 3 is 1.58 bits per heavy atom. The molecule has 246 valence electrons. The molecule has 0 aliphatic heterocycles. The van der Waals surface area contributed by atoms with E-state index in [9.17, 15) is 0 Å². The molecule has 4 nitrogen and oxygen atoms in total. The topological polar surface area (TPSA) is 51.8 Å². The molecular formula is C48H33N3O. The highest BCUT2D eigenvalue weighted by atomic mass is 16.3. The van der Waals surface area contributed by atoms with E-state index in [0.717, 1.165) is 39.0 Å². The summed E-state index contributed by atoms with van der Waals surface area (Å²) in [7, 11) is 0. The molecule has 10 rings (SSSR count). The van der Waals surface area contributed by atoms with E-state index in [4.69, 9.17) is 19.4 Å². The van der Waals surface area contributed by atoms with Gasteiger partial charge in [-0.15, -0.1) is 0 Å². The van der Waals surface area contributed by atoms with Crippen molar-refractivity contribution in [2.45, 2.75) is 19.3 Å². The Morgan fingerprint density at radius 1 is 0.404 bits per heavy atom. The summed E-state index contributed by atoms with van der Waals surface area (Å²) in [6, 6.07) is 57.2. The van der Waals surface area contributed by atoms with Crippen LogP contribution in [0.2, 0.25) is 0 Å². The van der Waals surface area contributed by atoms with E-state index in [-0.39, 0.29) is 5.41 Å². The van der Waals surface area contributed by atoms with Crippen molar-refractivity contribution in [2.75, 3.05) is 0 Å². The van der Waals surface area contributed by atoms with Crippen LogP contribution in [-0.2, 0) is 5.41 Å². The predicted octanol–water partition coefficient (Wildman–Crippen LogP) is 12.4. The highest BCUT2D eigenvalue weighted by Gasteiger charge is 2.38. The lowest BCUT2D eigenvalue weighted by molar-refractivity contribution is 0.657. The molecule has 1 aliphatic rings. The lowest BCUT2D eigenvalue weighted by Crippen LogP contribution is -2.15. The van der Waals surface area contributed by atoms with Gasteiger partial charge in [-0.2, -0.15) is 0 Å². The number of aromatic nitrogens is 3. The summed E-state index contributed by atoms with van der Waals surface area (Å²) in [5.41, 5.74) is 14.4. The van der Waals surface area contributed by atoms with Gasteiger partial charge in [-0.3, -0.25) is 0 Å². The van der Waals surface area contributed by atoms with Crippen molar-refractivity contribution in [1.29, 1.82) is 0 Å². The summed E-state index contributed by atoms with van der Waals surface area (Å²) >= 11 is 0. The van der Waals surface area contributed by atoms with Gasteiger partial charge in [0.05, 0.1) is 0 Å². The molecule has 52 heavy (non-hydrogen) atoms. The lowest BCUT2D eigenvalue weighted by atomic mass is 9.80. The van der Waals surface area contributed by atoms with Crippen LogP contribution < -0.4 is 0 Å². The maximum Gasteiger partial charge on any atom is 0.164 e. The molecule has 9 aromatic rings. The van der Waals surface area contributed by atoms with Crippen LogP contribution in [0.5, 0.6) is 0 Å². The summed E-state index contributed by atoms with van der Waals surface area (Å²) in [6.45, 7) is 4.68. The van der Waals surface area contributed by atoms with E-state index < -0.39 is 0 Å². The van der Waals surface area contributed by atoms with E-state index in [2.05, 4.69) is 111 Å². The molecule has 7 aromatic carbocycles. The largest absolute Gasteiger partial charge is 0.456 e. The second-order valence-corrected chi connectivity index (χ2v) is 14.0. The molecule has 0 N–H and O–H groups in total. The van der Waals surface area contributed by atoms with Gasteiger partial charge in [0, 0.05) is 32.9 Å². The van der Waals surface area contributed by atoms with Crippen LogP contribution in [0.15, 0.2) is 168 Å². The minimum absolute atomic E-state index is 0.159. The van der Waals surface area contributed by atoms with Crippen molar-refractivity contribution in [2.24, 2.45) is 0 Å². The zero-order valence-electron chi connectivity index (χ0n) is 28.8. The maximum absolute atomic E-state index is 6.30. The first-order chi connectivity index (χ1) is 25.5. The van der Waals surface area contributed by atoms with Gasteiger partial charge in [0.15, 0.2) is 17.5 Å². The van der Waals surface area contributed by atoms with E-state index >= 15 is 0 Å². The van der Waals surface area contributed by atoms with Crippen LogP contribution in [-0.4, -0.2) is 15.0 Å². The molecule has 2 aromatic heterocycles. The van der Waals surface area contributed by atoms with Gasteiger partial charge in [-0.05, 0) is 74.8 Å². The molecule has 0 bridgehead atoms. The number of benzene rings is 7. The normalized spacial score (nSPS) is 13.0. The number of nitrogens with zero attached hydrogens (tertiary/aromatic N) is 3. The molecule has 1 aliphatic carbocycles. The Bertz CT molecular complexity index is 2760. The molecule has 4 heteroatoms. The third-order valence-corrected chi connectivity index (χ3v) is 10.5. The number of hydrogen-bond donors (Lipinski definition) is 0. The first kappa shape index (κ1) is 30.2. The van der Waals surface area contributed by atoms with Gasteiger partial charge in [0.25, 0.3) is 0 Å². The molecule has 0 atom stereocenters. The van der Waals surface area contributed by atoms with Crippen molar-refractivity contribution in [3.05, 3.63) is 175 Å².